The number of ether oxygens (including phenoxy) is 1. The van der Waals surface area contributed by atoms with Crippen LogP contribution in [0.25, 0.3) is 0 Å². The quantitative estimate of drug-likeness (QED) is 0.853. The van der Waals surface area contributed by atoms with E-state index in [1.54, 1.807) is 6.07 Å². The van der Waals surface area contributed by atoms with Crippen molar-refractivity contribution in [1.29, 1.82) is 0 Å². The summed E-state index contributed by atoms with van der Waals surface area (Å²) in [5, 5.41) is 10.3. The number of nitrogens with one attached hydrogen (secondary N) is 1. The average molecular weight is 381 g/mol. The summed E-state index contributed by atoms with van der Waals surface area (Å²) in [6.45, 7) is 4.59. The first-order valence-electron chi connectivity index (χ1n) is 10.0. The summed E-state index contributed by atoms with van der Waals surface area (Å²) in [4.78, 5) is 14.6. The zero-order valence-corrected chi connectivity index (χ0v) is 16.1. The molecule has 0 unspecified atom stereocenters. The number of benzene rings is 1. The van der Waals surface area contributed by atoms with Gasteiger partial charge in [0.2, 0.25) is 0 Å². The fraction of sp³-hybridized carbons (Fsp3) is 0.476. The lowest BCUT2D eigenvalue weighted by molar-refractivity contribution is 0.0124. The van der Waals surface area contributed by atoms with Crippen molar-refractivity contribution >= 4 is 11.7 Å². The molecule has 0 bridgehead atoms. The van der Waals surface area contributed by atoms with E-state index in [0.717, 1.165) is 38.2 Å². The van der Waals surface area contributed by atoms with E-state index in [4.69, 9.17) is 4.74 Å². The fourth-order valence-electron chi connectivity index (χ4n) is 3.80. The second kappa shape index (κ2) is 9.12. The molecule has 1 N–H and O–H groups in total. The van der Waals surface area contributed by atoms with Gasteiger partial charge in [-0.3, -0.25) is 10.2 Å². The Labute approximate surface area is 165 Å². The van der Waals surface area contributed by atoms with Crippen molar-refractivity contribution in [2.24, 2.45) is 5.92 Å². The largest absolute Gasteiger partial charge is 0.379 e. The number of rotatable bonds is 5. The molecule has 148 valence electrons. The van der Waals surface area contributed by atoms with Crippen LogP contribution in [-0.2, 0) is 11.2 Å². The zero-order valence-electron chi connectivity index (χ0n) is 16.1. The Morgan fingerprint density at radius 2 is 1.75 bits per heavy atom. The van der Waals surface area contributed by atoms with E-state index >= 15 is 0 Å². The third kappa shape index (κ3) is 4.85. The van der Waals surface area contributed by atoms with Crippen LogP contribution in [0.3, 0.4) is 0 Å². The van der Waals surface area contributed by atoms with Crippen LogP contribution in [0, 0.1) is 5.92 Å². The van der Waals surface area contributed by atoms with Crippen LogP contribution >= 0.6 is 0 Å². The minimum absolute atomic E-state index is 0.220. The molecule has 2 aromatic rings. The van der Waals surface area contributed by atoms with Gasteiger partial charge in [0.25, 0.3) is 5.91 Å². The van der Waals surface area contributed by atoms with Crippen LogP contribution in [0.1, 0.15) is 28.9 Å². The molecule has 2 saturated heterocycles. The van der Waals surface area contributed by atoms with E-state index in [9.17, 15) is 4.79 Å². The Kier molecular flexibility index (Phi) is 6.14. The number of morpholine rings is 1. The van der Waals surface area contributed by atoms with Gasteiger partial charge >= 0.3 is 0 Å². The van der Waals surface area contributed by atoms with Crippen molar-refractivity contribution in [1.82, 2.24) is 20.6 Å². The fourth-order valence-corrected chi connectivity index (χ4v) is 3.80. The Bertz CT molecular complexity index is 754. The van der Waals surface area contributed by atoms with Crippen LogP contribution in [0.15, 0.2) is 42.5 Å². The van der Waals surface area contributed by atoms with E-state index in [0.29, 0.717) is 37.9 Å². The normalized spacial score (nSPS) is 18.8. The number of aromatic nitrogens is 2. The SMILES string of the molecule is O=C(NN1CCOCC1)c1ccc(N2CCC(Cc3ccccc3)CC2)nn1. The molecular weight excluding hydrogens is 354 g/mol. The van der Waals surface area contributed by atoms with Crippen molar-refractivity contribution in [3.05, 3.63) is 53.7 Å². The van der Waals surface area contributed by atoms with Crippen LogP contribution in [0.5, 0.6) is 0 Å². The maximum Gasteiger partial charge on any atom is 0.286 e. The molecule has 4 rings (SSSR count). The Morgan fingerprint density at radius 1 is 1.00 bits per heavy atom. The lowest BCUT2D eigenvalue weighted by atomic mass is 9.90. The molecular formula is C21H27N5O2. The van der Waals surface area contributed by atoms with E-state index in [-0.39, 0.29) is 5.91 Å². The third-order valence-electron chi connectivity index (χ3n) is 5.46. The number of hydrogen-bond acceptors (Lipinski definition) is 6. The predicted octanol–water partition coefficient (Wildman–Crippen LogP) is 1.91. The molecule has 0 spiro atoms. The molecule has 1 aromatic carbocycles. The summed E-state index contributed by atoms with van der Waals surface area (Å²) in [5.74, 6) is 1.34. The monoisotopic (exact) mass is 381 g/mol. The van der Waals surface area contributed by atoms with Crippen molar-refractivity contribution in [3.63, 3.8) is 0 Å². The number of nitrogens with zero attached hydrogens (tertiary/aromatic N) is 4. The van der Waals surface area contributed by atoms with Gasteiger partial charge in [0, 0.05) is 26.2 Å². The molecule has 28 heavy (non-hydrogen) atoms. The highest BCUT2D eigenvalue weighted by molar-refractivity contribution is 5.91. The summed E-state index contributed by atoms with van der Waals surface area (Å²) < 4.78 is 5.28. The van der Waals surface area contributed by atoms with Crippen molar-refractivity contribution < 1.29 is 9.53 Å². The molecule has 7 nitrogen and oxygen atoms in total. The average Bonchev–Trinajstić information content (AvgIpc) is 2.76. The van der Waals surface area contributed by atoms with Gasteiger partial charge in [-0.25, -0.2) is 5.01 Å². The van der Waals surface area contributed by atoms with Crippen LogP contribution < -0.4 is 10.3 Å². The minimum atomic E-state index is -0.220. The van der Waals surface area contributed by atoms with Gasteiger partial charge in [-0.2, -0.15) is 0 Å². The zero-order chi connectivity index (χ0) is 19.2. The highest BCUT2D eigenvalue weighted by Gasteiger charge is 2.21. The first kappa shape index (κ1) is 18.8. The van der Waals surface area contributed by atoms with Crippen molar-refractivity contribution in [3.8, 4) is 0 Å². The van der Waals surface area contributed by atoms with Gasteiger partial charge in [0.1, 0.15) is 0 Å². The van der Waals surface area contributed by atoms with E-state index in [2.05, 4.69) is 50.9 Å². The smallest absolute Gasteiger partial charge is 0.286 e. The number of piperidine rings is 1. The Hall–Kier alpha value is -2.51. The Balaban J connectivity index is 1.28. The molecule has 0 aliphatic carbocycles. The number of carbonyl (C=O) groups excluding carboxylic acids is 1. The second-order valence-corrected chi connectivity index (χ2v) is 7.44. The van der Waals surface area contributed by atoms with Gasteiger partial charge in [0.15, 0.2) is 11.5 Å². The highest BCUT2D eigenvalue weighted by Crippen LogP contribution is 2.24. The van der Waals surface area contributed by atoms with E-state index < -0.39 is 0 Å². The lowest BCUT2D eigenvalue weighted by Crippen LogP contribution is -2.48. The third-order valence-corrected chi connectivity index (χ3v) is 5.46. The van der Waals surface area contributed by atoms with Gasteiger partial charge < -0.3 is 9.64 Å². The van der Waals surface area contributed by atoms with Gasteiger partial charge in [-0.1, -0.05) is 30.3 Å². The molecule has 3 heterocycles. The number of amides is 1. The minimum Gasteiger partial charge on any atom is -0.379 e. The maximum atomic E-state index is 12.3. The van der Waals surface area contributed by atoms with Crippen LogP contribution in [0.4, 0.5) is 5.82 Å². The standard InChI is InChI=1S/C21H27N5O2/c27-21(24-26-12-14-28-15-13-26)19-6-7-20(23-22-19)25-10-8-18(9-11-25)16-17-4-2-1-3-5-17/h1-7,18H,8-16H2,(H,24,27). The number of carbonyl (C=O) groups is 1. The summed E-state index contributed by atoms with van der Waals surface area (Å²) in [6.07, 6.45) is 3.44. The molecule has 2 fully saturated rings. The highest BCUT2D eigenvalue weighted by atomic mass is 16.5. The number of hydrogen-bond donors (Lipinski definition) is 1. The Morgan fingerprint density at radius 3 is 2.43 bits per heavy atom. The molecule has 1 aromatic heterocycles. The second-order valence-electron chi connectivity index (χ2n) is 7.44. The molecule has 1 amide bonds. The summed E-state index contributed by atoms with van der Waals surface area (Å²) >= 11 is 0. The first-order chi connectivity index (χ1) is 13.8. The molecule has 7 heteroatoms. The van der Waals surface area contributed by atoms with Gasteiger partial charge in [0.05, 0.1) is 13.2 Å². The van der Waals surface area contributed by atoms with Crippen LogP contribution in [-0.4, -0.2) is 60.5 Å². The van der Waals surface area contributed by atoms with Gasteiger partial charge in [-0.15, -0.1) is 10.2 Å². The molecule has 2 aliphatic heterocycles. The topological polar surface area (TPSA) is 70.6 Å². The van der Waals surface area contributed by atoms with Crippen LogP contribution in [0.2, 0.25) is 0 Å². The molecule has 2 aliphatic rings. The maximum absolute atomic E-state index is 12.3. The summed E-state index contributed by atoms with van der Waals surface area (Å²) in [7, 11) is 0. The molecule has 0 saturated carbocycles. The van der Waals surface area contributed by atoms with E-state index in [1.807, 2.05) is 11.1 Å². The first-order valence-corrected chi connectivity index (χ1v) is 10.0. The van der Waals surface area contributed by atoms with Gasteiger partial charge in [-0.05, 0) is 42.9 Å². The molecule has 0 atom stereocenters. The van der Waals surface area contributed by atoms with Crippen molar-refractivity contribution in [2.75, 3.05) is 44.3 Å². The molecule has 0 radical (unpaired) electrons. The lowest BCUT2D eigenvalue weighted by Gasteiger charge is -2.32. The summed E-state index contributed by atoms with van der Waals surface area (Å²) in [6, 6.07) is 14.4. The number of hydrazine groups is 1. The number of anilines is 1. The predicted molar refractivity (Wildman–Crippen MR) is 107 cm³/mol. The summed E-state index contributed by atoms with van der Waals surface area (Å²) in [5.41, 5.74) is 4.62. The van der Waals surface area contributed by atoms with Crippen molar-refractivity contribution in [2.45, 2.75) is 19.3 Å². The van der Waals surface area contributed by atoms with E-state index in [1.165, 1.54) is 5.56 Å².